The molecular formula is C16H22ClNO6. The van der Waals surface area contributed by atoms with Crippen LogP contribution >= 0.6 is 11.6 Å². The molecule has 1 fully saturated rings. The standard InChI is InChI=1S/C14H20ClNO2.C2H2O4/c1-12-11-13(15)3-4-14(12)18-8-2-5-16-6-9-17-10-7-16;3-1(4)2(5)6/h3-4,11H,2,5-10H2,1H3;(H,3,4)(H,5,6). The first-order valence-corrected chi connectivity index (χ1v) is 7.93. The van der Waals surface area contributed by atoms with Crippen molar-refractivity contribution >= 4 is 23.5 Å². The third-order valence-electron chi connectivity index (χ3n) is 3.30. The van der Waals surface area contributed by atoms with Gasteiger partial charge in [0, 0.05) is 24.7 Å². The fourth-order valence-electron chi connectivity index (χ4n) is 2.07. The number of aliphatic carboxylic acids is 2. The first kappa shape index (κ1) is 20.2. The molecular weight excluding hydrogens is 338 g/mol. The van der Waals surface area contributed by atoms with Crippen molar-refractivity contribution in [3.63, 3.8) is 0 Å². The highest BCUT2D eigenvalue weighted by atomic mass is 35.5. The van der Waals surface area contributed by atoms with Crippen LogP contribution in [0.25, 0.3) is 0 Å². The molecule has 7 nitrogen and oxygen atoms in total. The number of ether oxygens (including phenoxy) is 2. The third kappa shape index (κ3) is 8.14. The minimum absolute atomic E-state index is 0.750. The van der Waals surface area contributed by atoms with Crippen LogP contribution in [0, 0.1) is 6.92 Å². The largest absolute Gasteiger partial charge is 0.493 e. The highest BCUT2D eigenvalue weighted by Gasteiger charge is 2.09. The monoisotopic (exact) mass is 359 g/mol. The Kier molecular flexibility index (Phi) is 9.14. The van der Waals surface area contributed by atoms with Gasteiger partial charge in [0.1, 0.15) is 5.75 Å². The van der Waals surface area contributed by atoms with Gasteiger partial charge in [0.25, 0.3) is 0 Å². The van der Waals surface area contributed by atoms with Gasteiger partial charge in [0.15, 0.2) is 0 Å². The first-order chi connectivity index (χ1) is 11.4. The molecule has 0 saturated carbocycles. The van der Waals surface area contributed by atoms with Crippen LogP contribution in [0.2, 0.25) is 5.02 Å². The summed E-state index contributed by atoms with van der Waals surface area (Å²) in [5.74, 6) is -2.72. The number of rotatable bonds is 5. The predicted octanol–water partition coefficient (Wildman–Crippen LogP) is 1.91. The zero-order chi connectivity index (χ0) is 17.9. The maximum Gasteiger partial charge on any atom is 0.414 e. The smallest absolute Gasteiger partial charge is 0.414 e. The van der Waals surface area contributed by atoms with E-state index in [1.807, 2.05) is 25.1 Å². The van der Waals surface area contributed by atoms with Gasteiger partial charge in [-0.15, -0.1) is 0 Å². The van der Waals surface area contributed by atoms with Gasteiger partial charge in [-0.1, -0.05) is 11.6 Å². The summed E-state index contributed by atoms with van der Waals surface area (Å²) in [4.78, 5) is 20.6. The molecule has 0 bridgehead atoms. The van der Waals surface area contributed by atoms with Crippen LogP contribution in [0.15, 0.2) is 18.2 Å². The fourth-order valence-corrected chi connectivity index (χ4v) is 2.30. The Hall–Kier alpha value is -1.83. The van der Waals surface area contributed by atoms with Crippen LogP contribution in [0.4, 0.5) is 0 Å². The SMILES string of the molecule is Cc1cc(Cl)ccc1OCCCN1CCOCC1.O=C(O)C(=O)O. The molecule has 1 saturated heterocycles. The maximum absolute atomic E-state index is 9.10. The minimum atomic E-state index is -1.82. The second kappa shape index (κ2) is 10.9. The topological polar surface area (TPSA) is 96.3 Å². The molecule has 1 aromatic rings. The zero-order valence-corrected chi connectivity index (χ0v) is 14.3. The summed E-state index contributed by atoms with van der Waals surface area (Å²) in [6, 6.07) is 5.73. The molecule has 2 rings (SSSR count). The lowest BCUT2D eigenvalue weighted by Gasteiger charge is -2.26. The van der Waals surface area contributed by atoms with Crippen molar-refractivity contribution in [1.82, 2.24) is 4.90 Å². The van der Waals surface area contributed by atoms with Crippen LogP contribution in [0.3, 0.4) is 0 Å². The average Bonchev–Trinajstić information content (AvgIpc) is 2.54. The van der Waals surface area contributed by atoms with Crippen molar-refractivity contribution in [2.75, 3.05) is 39.5 Å². The van der Waals surface area contributed by atoms with Crippen molar-refractivity contribution in [3.8, 4) is 5.75 Å². The molecule has 24 heavy (non-hydrogen) atoms. The molecule has 134 valence electrons. The molecule has 8 heteroatoms. The molecule has 0 unspecified atom stereocenters. The average molecular weight is 360 g/mol. The normalized spacial score (nSPS) is 14.4. The lowest BCUT2D eigenvalue weighted by Crippen LogP contribution is -2.37. The second-order valence-electron chi connectivity index (χ2n) is 5.18. The van der Waals surface area contributed by atoms with E-state index in [-0.39, 0.29) is 0 Å². The Morgan fingerprint density at radius 3 is 2.42 bits per heavy atom. The van der Waals surface area contributed by atoms with E-state index in [4.69, 9.17) is 40.9 Å². The van der Waals surface area contributed by atoms with Crippen molar-refractivity contribution in [3.05, 3.63) is 28.8 Å². The highest BCUT2D eigenvalue weighted by Crippen LogP contribution is 2.21. The Morgan fingerprint density at radius 2 is 1.88 bits per heavy atom. The van der Waals surface area contributed by atoms with E-state index < -0.39 is 11.9 Å². The second-order valence-corrected chi connectivity index (χ2v) is 5.61. The molecule has 0 amide bonds. The van der Waals surface area contributed by atoms with Gasteiger partial charge in [-0.2, -0.15) is 0 Å². The number of morpholine rings is 1. The van der Waals surface area contributed by atoms with Crippen molar-refractivity contribution in [2.45, 2.75) is 13.3 Å². The molecule has 0 atom stereocenters. The van der Waals surface area contributed by atoms with Crippen molar-refractivity contribution in [1.29, 1.82) is 0 Å². The first-order valence-electron chi connectivity index (χ1n) is 7.55. The molecule has 0 spiro atoms. The molecule has 0 aliphatic carbocycles. The van der Waals surface area contributed by atoms with Gasteiger partial charge in [-0.25, -0.2) is 9.59 Å². The number of carboxylic acid groups (broad SMARTS) is 2. The number of carboxylic acids is 2. The molecule has 1 aromatic carbocycles. The summed E-state index contributed by atoms with van der Waals surface area (Å²) in [7, 11) is 0. The van der Waals surface area contributed by atoms with E-state index in [0.717, 1.165) is 62.2 Å². The van der Waals surface area contributed by atoms with Gasteiger partial charge < -0.3 is 19.7 Å². The van der Waals surface area contributed by atoms with Gasteiger partial charge in [-0.05, 0) is 37.1 Å². The van der Waals surface area contributed by atoms with Crippen LogP contribution in [-0.4, -0.2) is 66.5 Å². The molecule has 0 aromatic heterocycles. The Balaban J connectivity index is 0.000000413. The van der Waals surface area contributed by atoms with Gasteiger partial charge in [-0.3, -0.25) is 4.90 Å². The number of nitrogens with zero attached hydrogens (tertiary/aromatic N) is 1. The molecule has 1 aliphatic heterocycles. The lowest BCUT2D eigenvalue weighted by atomic mass is 10.2. The van der Waals surface area contributed by atoms with Gasteiger partial charge in [0.2, 0.25) is 0 Å². The summed E-state index contributed by atoms with van der Waals surface area (Å²) in [6.45, 7) is 7.65. The summed E-state index contributed by atoms with van der Waals surface area (Å²) in [6.07, 6.45) is 1.04. The van der Waals surface area contributed by atoms with E-state index >= 15 is 0 Å². The molecule has 1 heterocycles. The summed E-state index contributed by atoms with van der Waals surface area (Å²) >= 11 is 5.91. The summed E-state index contributed by atoms with van der Waals surface area (Å²) in [5.41, 5.74) is 1.09. The number of aryl methyl sites for hydroxylation is 1. The number of benzene rings is 1. The Bertz CT molecular complexity index is 533. The van der Waals surface area contributed by atoms with E-state index in [2.05, 4.69) is 4.90 Å². The van der Waals surface area contributed by atoms with Crippen molar-refractivity contribution in [2.24, 2.45) is 0 Å². The van der Waals surface area contributed by atoms with E-state index in [9.17, 15) is 0 Å². The van der Waals surface area contributed by atoms with E-state index in [1.54, 1.807) is 0 Å². The third-order valence-corrected chi connectivity index (χ3v) is 3.53. The Morgan fingerprint density at radius 1 is 1.25 bits per heavy atom. The van der Waals surface area contributed by atoms with E-state index in [1.165, 1.54) is 0 Å². The summed E-state index contributed by atoms with van der Waals surface area (Å²) in [5, 5.41) is 15.5. The number of hydrogen-bond acceptors (Lipinski definition) is 5. The number of carbonyl (C=O) groups is 2. The lowest BCUT2D eigenvalue weighted by molar-refractivity contribution is -0.159. The van der Waals surface area contributed by atoms with Crippen LogP contribution in [0.1, 0.15) is 12.0 Å². The van der Waals surface area contributed by atoms with Crippen molar-refractivity contribution < 1.29 is 29.3 Å². The van der Waals surface area contributed by atoms with Crippen LogP contribution in [0.5, 0.6) is 5.75 Å². The Labute approximate surface area is 145 Å². The number of halogens is 1. The maximum atomic E-state index is 9.10. The van der Waals surface area contributed by atoms with Crippen LogP contribution < -0.4 is 4.74 Å². The molecule has 1 aliphatic rings. The van der Waals surface area contributed by atoms with E-state index in [0.29, 0.717) is 0 Å². The molecule has 2 N–H and O–H groups in total. The molecule has 0 radical (unpaired) electrons. The zero-order valence-electron chi connectivity index (χ0n) is 13.5. The number of hydrogen-bond donors (Lipinski definition) is 2. The quantitative estimate of drug-likeness (QED) is 0.612. The van der Waals surface area contributed by atoms with Crippen LogP contribution in [-0.2, 0) is 14.3 Å². The minimum Gasteiger partial charge on any atom is -0.493 e. The fraction of sp³-hybridized carbons (Fsp3) is 0.500. The van der Waals surface area contributed by atoms with Gasteiger partial charge >= 0.3 is 11.9 Å². The summed E-state index contributed by atoms with van der Waals surface area (Å²) < 4.78 is 11.1. The van der Waals surface area contributed by atoms with Gasteiger partial charge in [0.05, 0.1) is 19.8 Å². The highest BCUT2D eigenvalue weighted by molar-refractivity contribution is 6.30. The predicted molar refractivity (Wildman–Crippen MR) is 88.8 cm³/mol.